The summed E-state index contributed by atoms with van der Waals surface area (Å²) in [4.78, 5) is 10.4. The molecule has 128 valence electrons. The van der Waals surface area contributed by atoms with Crippen molar-refractivity contribution in [3.8, 4) is 0 Å². The first-order valence-electron chi connectivity index (χ1n) is 8.14. The molecule has 0 fully saturated rings. The Morgan fingerprint density at radius 3 is 2.18 bits per heavy atom. The van der Waals surface area contributed by atoms with E-state index in [0.717, 1.165) is 5.54 Å². The Morgan fingerprint density at radius 2 is 1.86 bits per heavy atom. The molecule has 0 bridgehead atoms. The lowest BCUT2D eigenvalue weighted by Gasteiger charge is -2.22. The molecule has 5 heteroatoms. The van der Waals surface area contributed by atoms with Crippen LogP contribution in [-0.2, 0) is 9.22 Å². The molecule has 0 heterocycles. The normalized spacial score (nSPS) is 18.9. The Kier molecular flexibility index (Phi) is 9.19. The molecule has 0 saturated heterocycles. The fourth-order valence-electron chi connectivity index (χ4n) is 2.08. The fraction of sp³-hybridized carbons (Fsp3) is 0.706. The van der Waals surface area contributed by atoms with E-state index in [2.05, 4.69) is 51.4 Å². The quantitative estimate of drug-likeness (QED) is 0.308. The van der Waals surface area contributed by atoms with Crippen molar-refractivity contribution in [3.63, 3.8) is 0 Å². The van der Waals surface area contributed by atoms with Crippen molar-refractivity contribution in [1.29, 1.82) is 0 Å². The molecule has 0 saturated carbocycles. The lowest BCUT2D eigenvalue weighted by atomic mass is 10.2. The Balaban J connectivity index is 0.000000425. The van der Waals surface area contributed by atoms with Gasteiger partial charge in [-0.25, -0.2) is 4.79 Å². The van der Waals surface area contributed by atoms with E-state index in [1.807, 2.05) is 0 Å². The van der Waals surface area contributed by atoms with Crippen LogP contribution in [-0.4, -0.2) is 34.1 Å². The summed E-state index contributed by atoms with van der Waals surface area (Å²) in [6, 6.07) is 0. The third-order valence-electron chi connectivity index (χ3n) is 3.57. The SMILES string of the molecule is CC(=CCCO[Si](C)(C)C)C(=O)O.C[Si](C)(C)C1C=CCC1. The summed E-state index contributed by atoms with van der Waals surface area (Å²) in [7, 11) is -2.24. The minimum atomic E-state index is -1.43. The zero-order chi connectivity index (χ0) is 17.4. The molecule has 1 unspecified atom stereocenters. The van der Waals surface area contributed by atoms with E-state index in [9.17, 15) is 4.79 Å². The van der Waals surface area contributed by atoms with Crippen LogP contribution in [0.1, 0.15) is 26.2 Å². The minimum absolute atomic E-state index is 0.388. The summed E-state index contributed by atoms with van der Waals surface area (Å²) < 4.78 is 5.56. The molecule has 22 heavy (non-hydrogen) atoms. The second-order valence-electron chi connectivity index (χ2n) is 7.92. The molecular weight excluding hydrogens is 308 g/mol. The van der Waals surface area contributed by atoms with Crippen LogP contribution >= 0.6 is 0 Å². The van der Waals surface area contributed by atoms with E-state index in [1.54, 1.807) is 13.0 Å². The van der Waals surface area contributed by atoms with Crippen LogP contribution < -0.4 is 0 Å². The van der Waals surface area contributed by atoms with Crippen LogP contribution in [0.4, 0.5) is 0 Å². The highest BCUT2D eigenvalue weighted by Gasteiger charge is 2.25. The maximum Gasteiger partial charge on any atom is 0.330 e. The molecule has 0 aromatic carbocycles. The van der Waals surface area contributed by atoms with Crippen molar-refractivity contribution < 1.29 is 14.3 Å². The van der Waals surface area contributed by atoms with Crippen molar-refractivity contribution in [2.45, 2.75) is 71.0 Å². The van der Waals surface area contributed by atoms with Gasteiger partial charge in [0.25, 0.3) is 0 Å². The molecule has 1 aliphatic carbocycles. The van der Waals surface area contributed by atoms with Gasteiger partial charge in [0.15, 0.2) is 8.32 Å². The Morgan fingerprint density at radius 1 is 1.27 bits per heavy atom. The van der Waals surface area contributed by atoms with Crippen LogP contribution in [0.25, 0.3) is 0 Å². The monoisotopic (exact) mass is 342 g/mol. The predicted molar refractivity (Wildman–Crippen MR) is 101 cm³/mol. The van der Waals surface area contributed by atoms with Gasteiger partial charge in [-0.15, -0.1) is 0 Å². The average molecular weight is 343 g/mol. The van der Waals surface area contributed by atoms with Gasteiger partial charge in [-0.1, -0.05) is 37.9 Å². The summed E-state index contributed by atoms with van der Waals surface area (Å²) in [5.74, 6) is -0.854. The number of aliphatic carboxylic acids is 1. The van der Waals surface area contributed by atoms with Crippen molar-refractivity contribution in [3.05, 3.63) is 23.8 Å². The van der Waals surface area contributed by atoms with Crippen LogP contribution in [0.2, 0.25) is 44.8 Å². The summed E-state index contributed by atoms with van der Waals surface area (Å²) in [6.45, 7) is 15.9. The van der Waals surface area contributed by atoms with Gasteiger partial charge in [0.2, 0.25) is 0 Å². The van der Waals surface area contributed by atoms with E-state index in [0.29, 0.717) is 18.6 Å². The number of hydrogen-bond donors (Lipinski definition) is 1. The summed E-state index contributed by atoms with van der Waals surface area (Å²) >= 11 is 0. The van der Waals surface area contributed by atoms with Crippen LogP contribution in [0, 0.1) is 0 Å². The molecule has 1 atom stereocenters. The Labute approximate surface area is 138 Å². The van der Waals surface area contributed by atoms with Crippen LogP contribution in [0.5, 0.6) is 0 Å². The molecule has 1 N–H and O–H groups in total. The molecular formula is C17H34O3Si2. The van der Waals surface area contributed by atoms with Gasteiger partial charge >= 0.3 is 5.97 Å². The van der Waals surface area contributed by atoms with Crippen LogP contribution in [0.3, 0.4) is 0 Å². The maximum atomic E-state index is 10.4. The molecule has 1 rings (SSSR count). The number of hydrogen-bond acceptors (Lipinski definition) is 2. The third-order valence-corrected chi connectivity index (χ3v) is 7.34. The van der Waals surface area contributed by atoms with E-state index >= 15 is 0 Å². The number of allylic oxidation sites excluding steroid dienone is 2. The lowest BCUT2D eigenvalue weighted by molar-refractivity contribution is -0.132. The third kappa shape index (κ3) is 11.0. The first-order valence-corrected chi connectivity index (χ1v) is 15.1. The highest BCUT2D eigenvalue weighted by molar-refractivity contribution is 6.78. The molecule has 0 radical (unpaired) electrons. The number of rotatable bonds is 6. The largest absolute Gasteiger partial charge is 0.478 e. The van der Waals surface area contributed by atoms with Gasteiger partial charge in [-0.2, -0.15) is 0 Å². The number of carbonyl (C=O) groups is 1. The van der Waals surface area contributed by atoms with E-state index < -0.39 is 22.4 Å². The van der Waals surface area contributed by atoms with Crippen molar-refractivity contribution in [2.24, 2.45) is 0 Å². The molecule has 3 nitrogen and oxygen atoms in total. The van der Waals surface area contributed by atoms with E-state index in [-0.39, 0.29) is 0 Å². The topological polar surface area (TPSA) is 46.5 Å². The van der Waals surface area contributed by atoms with Crippen molar-refractivity contribution in [2.75, 3.05) is 6.61 Å². The molecule has 1 aliphatic rings. The zero-order valence-corrected chi connectivity index (χ0v) is 17.4. The number of carboxylic acids is 1. The van der Waals surface area contributed by atoms with Crippen LogP contribution in [0.15, 0.2) is 23.8 Å². The van der Waals surface area contributed by atoms with Gasteiger partial charge in [0.1, 0.15) is 0 Å². The number of carboxylic acid groups (broad SMARTS) is 1. The smallest absolute Gasteiger partial charge is 0.330 e. The predicted octanol–water partition coefficient (Wildman–Crippen LogP) is 5.30. The summed E-state index contributed by atoms with van der Waals surface area (Å²) in [5.41, 5.74) is 1.36. The van der Waals surface area contributed by atoms with E-state index in [1.165, 1.54) is 12.8 Å². The van der Waals surface area contributed by atoms with Gasteiger partial charge < -0.3 is 9.53 Å². The van der Waals surface area contributed by atoms with Crippen molar-refractivity contribution >= 4 is 22.4 Å². The standard InChI is InChI=1S/C9H18O3Si.C8H16Si/c1-8(9(10)11)6-5-7-12-13(2,3)4;1-9(2,3)8-6-4-5-7-8/h6H,5,7H2,1-4H3,(H,10,11);4,6,8H,5,7H2,1-3H3. The first-order chi connectivity index (χ1) is 9.93. The first kappa shape index (κ1) is 21.3. The molecule has 0 aromatic heterocycles. The molecule has 0 amide bonds. The zero-order valence-electron chi connectivity index (χ0n) is 15.4. The highest BCUT2D eigenvalue weighted by Crippen LogP contribution is 2.32. The summed E-state index contributed by atoms with van der Waals surface area (Å²) in [5, 5.41) is 8.54. The second kappa shape index (κ2) is 9.48. The van der Waals surface area contributed by atoms with Gasteiger partial charge in [0.05, 0.1) is 8.07 Å². The second-order valence-corrected chi connectivity index (χ2v) is 17.9. The lowest BCUT2D eigenvalue weighted by Crippen LogP contribution is -2.25. The maximum absolute atomic E-state index is 10.4. The van der Waals surface area contributed by atoms with Gasteiger partial charge in [-0.3, -0.25) is 0 Å². The highest BCUT2D eigenvalue weighted by atomic mass is 28.4. The average Bonchev–Trinajstić information content (AvgIpc) is 2.87. The van der Waals surface area contributed by atoms with E-state index in [4.69, 9.17) is 9.53 Å². The summed E-state index contributed by atoms with van der Waals surface area (Å²) in [6.07, 6.45) is 9.89. The molecule has 0 spiro atoms. The van der Waals surface area contributed by atoms with Gasteiger partial charge in [-0.05, 0) is 51.4 Å². The molecule has 0 aromatic rings. The minimum Gasteiger partial charge on any atom is -0.478 e. The fourth-order valence-corrected chi connectivity index (χ4v) is 4.56. The van der Waals surface area contributed by atoms with Crippen molar-refractivity contribution in [1.82, 2.24) is 0 Å². The molecule has 0 aliphatic heterocycles. The Hall–Kier alpha value is -0.656. The Bertz CT molecular complexity index is 401. The van der Waals surface area contributed by atoms with Gasteiger partial charge in [0, 0.05) is 12.2 Å².